The van der Waals surface area contributed by atoms with E-state index in [2.05, 4.69) is 0 Å². The van der Waals surface area contributed by atoms with Crippen LogP contribution in [0.25, 0.3) is 241 Å². The van der Waals surface area contributed by atoms with Crippen molar-refractivity contribution >= 4 is 130 Å². The molecule has 23 aromatic carbocycles. The molecule has 0 aliphatic heterocycles. The van der Waals surface area contributed by atoms with E-state index >= 15 is 0 Å². The summed E-state index contributed by atoms with van der Waals surface area (Å²) < 4.78 is 493. The minimum atomic E-state index is -0.708. The third-order valence-electron chi connectivity index (χ3n) is 23.0. The molecule has 0 atom stereocenters. The lowest BCUT2D eigenvalue weighted by atomic mass is 9.86. The third-order valence-corrected chi connectivity index (χ3v) is 23.0. The number of nitrogens with zero attached hydrogens (tertiary/aromatic N) is 4. The minimum absolute atomic E-state index is 0.00750. The van der Waals surface area contributed by atoms with Crippen molar-refractivity contribution < 1.29 is 76.8 Å². The van der Waals surface area contributed by atoms with E-state index in [9.17, 15) is 13.7 Å². The molecule has 0 saturated carbocycles. The lowest BCUT2D eigenvalue weighted by Crippen LogP contribution is -2.06. The molecule has 130 heavy (non-hydrogen) atoms. The lowest BCUT2D eigenvalue weighted by molar-refractivity contribution is 0.716. The zero-order chi connectivity index (χ0) is 134. The van der Waals surface area contributed by atoms with E-state index in [1.54, 1.807) is 72.8 Å². The van der Waals surface area contributed by atoms with Crippen molar-refractivity contribution in [2.75, 3.05) is 0 Å². The topological polar surface area (TPSA) is 19.7 Å². The molecule has 4 aromatic heterocycles. The van der Waals surface area contributed by atoms with Crippen LogP contribution in [-0.4, -0.2) is 18.7 Å². The van der Waals surface area contributed by atoms with E-state index in [0.29, 0.717) is 76.5 Å². The number of benzene rings is 21. The number of hydrogen-bond acceptors (Lipinski definition) is 0. The average molecular weight is 1710 g/mol. The quantitative estimate of drug-likeness (QED) is 0.116. The fraction of sp³-hybridized carbons (Fsp3) is 0. The Morgan fingerprint density at radius 1 is 0.154 bits per heavy atom. The van der Waals surface area contributed by atoms with Crippen LogP contribution in [-0.2, 0) is 0 Å². The molecule has 0 fully saturated rings. The first-order valence-electron chi connectivity index (χ1n) is 68.3. The maximum Gasteiger partial charge on any atom is 0.0840 e. The molecule has 606 valence electrons. The van der Waals surface area contributed by atoms with Gasteiger partial charge in [0.15, 0.2) is 0 Å². The summed E-state index contributed by atoms with van der Waals surface area (Å²) in [6.07, 6.45) is -2.83. The van der Waals surface area contributed by atoms with E-state index in [4.69, 9.17) is 63.1 Å². The highest BCUT2D eigenvalue weighted by Gasteiger charge is 2.29. The SMILES string of the molecule is [2H]c1c([2H])c([2H])c(-c2c([2H])c([2H])c(-c3c4c5cccc6cccc(c4c(-c4c([2H])c([2H])c(-c7c([2H])c([2H])c([2H])c([2H])c7[2H])c([2H])c4[2H])c4c7cccc8cccc(c34)c87)c65)c([2H])c2[2H])c([2H])c1[2H].[2H]c1c([2H])c([2H])c(-c2c([2H])c([2H])c(-c3ccccc3-c3ccc(-c4ccccc4-c4c([2H])c([2H])c(-c5c([2H])c([2H])c([2H])c([2H])c5[2H])c([2H])c4[2H])cc3)c([2H])c2[2H])c([2H])c1[2H].[2H]c1c([2H])c([2H])c2c(c1[2H])c([2H])c([2H])c1c2c2cc3c(cc2n1-n1c([2H])c([2H])c([2H])c1[2H])c1c2c([2H])c([2H])c([2H])c([2H])c2c([2H])c([2H])c1n3-n1c([2H])c([2H])c([2H])c1[2H]. The molecule has 0 amide bonds. The van der Waals surface area contributed by atoms with Gasteiger partial charge in [-0.25, -0.2) is 9.35 Å². The van der Waals surface area contributed by atoms with Crippen LogP contribution < -0.4 is 0 Å². The van der Waals surface area contributed by atoms with Crippen molar-refractivity contribution in [1.82, 2.24) is 18.7 Å². The molecule has 0 radical (unpaired) electrons. The van der Waals surface area contributed by atoms with Crippen molar-refractivity contribution in [3.63, 3.8) is 0 Å². The van der Waals surface area contributed by atoms with E-state index in [1.807, 2.05) is 72.8 Å². The van der Waals surface area contributed by atoms with Gasteiger partial charge in [-0.2, -0.15) is 0 Å². The fourth-order valence-electron chi connectivity index (χ4n) is 17.5. The summed E-state index contributed by atoms with van der Waals surface area (Å²) in [6.45, 7) is 0. The molecule has 4 heteroatoms. The van der Waals surface area contributed by atoms with Crippen LogP contribution >= 0.6 is 0 Å². The molecular weight excluding hydrogens is 1570 g/mol. The monoisotopic (exact) mass is 1710 g/mol. The van der Waals surface area contributed by atoms with Gasteiger partial charge in [-0.3, -0.25) is 9.35 Å². The maximum absolute atomic E-state index is 9.79. The highest BCUT2D eigenvalue weighted by Crippen LogP contribution is 2.56. The molecule has 0 unspecified atom stereocenters. The van der Waals surface area contributed by atoms with Crippen LogP contribution in [0.15, 0.2) is 497 Å². The maximum atomic E-state index is 9.79. The summed E-state index contributed by atoms with van der Waals surface area (Å²) in [5.74, 6) is 0. The molecule has 0 bridgehead atoms. The second-order valence-electron chi connectivity index (χ2n) is 29.9. The summed E-state index contributed by atoms with van der Waals surface area (Å²) >= 11 is 0. The van der Waals surface area contributed by atoms with Crippen LogP contribution in [0.5, 0.6) is 0 Å². The minimum Gasteiger partial charge on any atom is -0.264 e. The summed E-state index contributed by atoms with van der Waals surface area (Å²) in [7, 11) is 0. The highest BCUT2D eigenvalue weighted by molar-refractivity contribution is 6.46. The largest absolute Gasteiger partial charge is 0.264 e. The van der Waals surface area contributed by atoms with Crippen LogP contribution in [0.1, 0.15) is 76.8 Å². The standard InChI is InChI=1S/C50H30.C42H30.C34H22N4/c1-3-11-31(12-4-1)33-23-27-37(28-24-33)45-47-39-19-7-15-35-17-9-21-41(43(35)39)49(47)46(38-29-25-34(26-30-38)32-13-5-2-6-14-32)50-42-22-10-18-36-16-8-20-40(44(36)42)48(45)50;1-3-11-31(12-4-1)33-19-23-35(24-20-33)39-15-7-9-17-41(39)37-27-29-38(30-28-37)42-18-10-8-16-40(42)36-25-21-34(22-26-36)32-13-5-2-6-14-32;1-3-11-25-23(9-1)13-15-29-33(25)27-21-32-28(22-31(27)37(29)35-17-5-6-18-35)34-26-12-4-2-10-24(26)14-16-30(34)38(32)36-19-7-8-20-36/h1-30H;1-30H;1-22H/i1D,2D,3D,4D,5D,6D,11D,12D,13D,14D,23D,24D,25D,26D,27D,28D,29D,30D;1D,2D,3D,4D,5D,6D,11D,12D,13D,14D,19D,20D,21D,22D,23D,24D,25D,26D;1D,2D,3D,4D,5D,6D,7D,8D,9D,10D,11D,12D,13D,14D,15D,16D,17D,18D,19D,20D. The smallest absolute Gasteiger partial charge is 0.0840 e. The molecule has 0 spiro atoms. The summed E-state index contributed by atoms with van der Waals surface area (Å²) in [5, 5.41) is 5.56. The molecule has 0 N–H and O–H groups in total. The Bertz CT molecular complexity index is 11600. The second-order valence-corrected chi connectivity index (χ2v) is 29.9. The predicted octanol–water partition coefficient (Wildman–Crippen LogP) is 34.3. The van der Waals surface area contributed by atoms with Gasteiger partial charge < -0.3 is 0 Å². The van der Waals surface area contributed by atoms with Crippen molar-refractivity contribution in [3.8, 4) is 111 Å². The fourth-order valence-corrected chi connectivity index (χ4v) is 17.5. The van der Waals surface area contributed by atoms with E-state index in [1.165, 1.54) is 12.1 Å². The number of hydrogen-bond donors (Lipinski definition) is 0. The molecule has 0 aliphatic carbocycles. The first-order chi connectivity index (χ1) is 87.8. The Hall–Kier alpha value is -17.2. The average Bonchev–Trinajstić information content (AvgIpc) is 1.51. The number of aromatic nitrogens is 4. The van der Waals surface area contributed by atoms with Gasteiger partial charge in [0.25, 0.3) is 0 Å². The van der Waals surface area contributed by atoms with Crippen LogP contribution in [0.4, 0.5) is 0 Å². The van der Waals surface area contributed by atoms with Gasteiger partial charge in [-0.15, -0.1) is 0 Å². The van der Waals surface area contributed by atoms with E-state index in [0.717, 1.165) is 40.2 Å². The van der Waals surface area contributed by atoms with Gasteiger partial charge in [0.05, 0.1) is 98.8 Å². The van der Waals surface area contributed by atoms with Gasteiger partial charge in [0, 0.05) is 46.2 Å². The highest BCUT2D eigenvalue weighted by atomic mass is 15.5. The first kappa shape index (κ1) is 37.9. The van der Waals surface area contributed by atoms with Crippen molar-refractivity contribution in [2.45, 2.75) is 0 Å². The zero-order valence-corrected chi connectivity index (χ0v) is 66.8. The summed E-state index contributed by atoms with van der Waals surface area (Å²) in [4.78, 5) is 0. The van der Waals surface area contributed by atoms with Gasteiger partial charge >= 0.3 is 0 Å². The van der Waals surface area contributed by atoms with Crippen LogP contribution in [0.2, 0.25) is 0 Å². The zero-order valence-electron chi connectivity index (χ0n) is 123. The van der Waals surface area contributed by atoms with E-state index in [-0.39, 0.29) is 98.5 Å². The molecular formula is C126H82N4. The lowest BCUT2D eigenvalue weighted by Gasteiger charge is -2.16. The van der Waals surface area contributed by atoms with Gasteiger partial charge in [0.2, 0.25) is 0 Å². The number of rotatable bonds is 12. The summed E-state index contributed by atoms with van der Waals surface area (Å²) in [5.41, 5.74) is -1.43. The molecule has 0 aliphatic rings. The van der Waals surface area contributed by atoms with Crippen molar-refractivity contribution in [3.05, 3.63) is 497 Å². The molecule has 4 heterocycles. The Balaban J connectivity index is 0.000000137. The van der Waals surface area contributed by atoms with Crippen LogP contribution in [0.3, 0.4) is 0 Å². The van der Waals surface area contributed by atoms with Crippen molar-refractivity contribution in [2.24, 2.45) is 0 Å². The second kappa shape index (κ2) is 31.5. The van der Waals surface area contributed by atoms with Gasteiger partial charge in [-0.05, 0) is 246 Å². The Morgan fingerprint density at radius 2 is 0.423 bits per heavy atom. The predicted molar refractivity (Wildman–Crippen MR) is 553 cm³/mol. The Morgan fingerprint density at radius 3 is 0.738 bits per heavy atom. The van der Waals surface area contributed by atoms with Crippen LogP contribution in [0, 0.1) is 0 Å². The van der Waals surface area contributed by atoms with E-state index < -0.39 is 383 Å². The summed E-state index contributed by atoms with van der Waals surface area (Å²) in [6, 6.07) is 12.1. The first-order valence-corrected chi connectivity index (χ1v) is 40.3. The molecule has 27 aromatic rings. The normalized spacial score (nSPS) is 17.7. The Labute approximate surface area is 831 Å². The van der Waals surface area contributed by atoms with Gasteiger partial charge in [0.1, 0.15) is 0 Å². The third kappa shape index (κ3) is 12.7. The number of fused-ring (bicyclic) bond motifs is 16. The molecule has 0 saturated heterocycles. The van der Waals surface area contributed by atoms with Gasteiger partial charge in [-0.1, -0.05) is 424 Å². The Kier molecular flexibility index (Phi) is 9.19. The molecule has 27 rings (SSSR count). The van der Waals surface area contributed by atoms with Crippen molar-refractivity contribution in [1.29, 1.82) is 0 Å². The molecule has 4 nitrogen and oxygen atoms in total.